The normalized spacial score (nSPS) is 28.2. The van der Waals surface area contributed by atoms with E-state index in [-0.39, 0.29) is 12.1 Å². The van der Waals surface area contributed by atoms with Crippen molar-refractivity contribution < 1.29 is 9.53 Å². The molecule has 3 aromatic rings. The SMILES string of the molecule is CC1COCCN1c1nc(-c2ccc(NC(=O)Nc3ccc(C45CCN(CC4)CC5)cc3)cc2)nc(N2[C@H](C)CC[C@@H]2C)n1. The Bertz CT molecular complexity index is 1450. The average Bonchev–Trinajstić information content (AvgIpc) is 3.39. The standard InChI is InChI=1S/C34H44N8O2/c1-23-4-5-24(2)42(23)32-38-30(37-31(39-32)41-20-21-44-22-25(41)3)26-6-10-28(11-7-26)35-33(43)36-29-12-8-27(9-13-29)34-14-17-40(18-15-34)19-16-34/h6-13,23-25H,4-5,14-22H2,1-3H3,(H2,35,36,43)/t23-,24+,25?. The number of hydrogen-bond donors (Lipinski definition) is 2. The number of carbonyl (C=O) groups excluding carboxylic acids is 1. The number of nitrogens with zero attached hydrogens (tertiary/aromatic N) is 6. The number of piperidine rings is 3. The zero-order valence-electron chi connectivity index (χ0n) is 26.1. The molecule has 0 spiro atoms. The van der Waals surface area contributed by atoms with Crippen LogP contribution in [-0.2, 0) is 10.2 Å². The largest absolute Gasteiger partial charge is 0.377 e. The summed E-state index contributed by atoms with van der Waals surface area (Å²) in [6, 6.07) is 16.8. The molecular weight excluding hydrogens is 552 g/mol. The van der Waals surface area contributed by atoms with Crippen molar-refractivity contribution in [1.29, 1.82) is 0 Å². The maximum absolute atomic E-state index is 12.9. The number of fused-ring (bicyclic) bond motifs is 3. The van der Waals surface area contributed by atoms with Crippen LogP contribution < -0.4 is 20.4 Å². The molecule has 10 heteroatoms. The predicted molar refractivity (Wildman–Crippen MR) is 175 cm³/mol. The van der Waals surface area contributed by atoms with Crippen molar-refractivity contribution in [3.63, 3.8) is 0 Å². The lowest BCUT2D eigenvalue weighted by Gasteiger charge is -2.48. The van der Waals surface area contributed by atoms with Gasteiger partial charge in [-0.05, 0) is 120 Å². The Morgan fingerprint density at radius 1 is 0.773 bits per heavy atom. The van der Waals surface area contributed by atoms with Gasteiger partial charge in [-0.1, -0.05) is 12.1 Å². The third-order valence-electron chi connectivity index (χ3n) is 10.3. The summed E-state index contributed by atoms with van der Waals surface area (Å²) in [6.07, 6.45) is 5.93. The summed E-state index contributed by atoms with van der Waals surface area (Å²) in [6.45, 7) is 12.3. The van der Waals surface area contributed by atoms with Gasteiger partial charge in [-0.2, -0.15) is 15.0 Å². The van der Waals surface area contributed by atoms with Gasteiger partial charge in [-0.25, -0.2) is 4.79 Å². The van der Waals surface area contributed by atoms with Crippen molar-refractivity contribution in [3.05, 3.63) is 54.1 Å². The molecule has 44 heavy (non-hydrogen) atoms. The number of benzene rings is 2. The molecule has 232 valence electrons. The first kappa shape index (κ1) is 29.0. The Hall–Kier alpha value is -3.76. The molecule has 1 aromatic heterocycles. The Labute approximate surface area is 260 Å². The summed E-state index contributed by atoms with van der Waals surface area (Å²) in [4.78, 5) is 34.8. The quantitative estimate of drug-likeness (QED) is 0.384. The van der Waals surface area contributed by atoms with Crippen molar-refractivity contribution in [2.75, 3.05) is 59.8 Å². The molecule has 0 saturated carbocycles. The average molecular weight is 597 g/mol. The molecular formula is C34H44N8O2. The van der Waals surface area contributed by atoms with E-state index in [4.69, 9.17) is 19.7 Å². The van der Waals surface area contributed by atoms with Crippen LogP contribution in [0.5, 0.6) is 0 Å². The molecule has 0 radical (unpaired) electrons. The first-order valence-corrected chi connectivity index (χ1v) is 16.3. The zero-order valence-corrected chi connectivity index (χ0v) is 26.1. The highest BCUT2D eigenvalue weighted by molar-refractivity contribution is 5.99. The molecule has 10 nitrogen and oxygen atoms in total. The van der Waals surface area contributed by atoms with E-state index in [0.717, 1.165) is 36.6 Å². The molecule has 2 amide bonds. The molecule has 6 heterocycles. The number of anilines is 4. The third-order valence-corrected chi connectivity index (χ3v) is 10.3. The van der Waals surface area contributed by atoms with E-state index in [1.165, 1.54) is 44.5 Å². The van der Waals surface area contributed by atoms with Crippen LogP contribution in [-0.4, -0.2) is 83.4 Å². The number of carbonyl (C=O) groups is 1. The third kappa shape index (κ3) is 5.73. The number of ether oxygens (including phenoxy) is 1. The second-order valence-corrected chi connectivity index (χ2v) is 13.2. The second kappa shape index (κ2) is 12.0. The molecule has 5 aliphatic rings. The van der Waals surface area contributed by atoms with E-state index in [2.05, 4.69) is 58.2 Å². The van der Waals surface area contributed by atoms with E-state index in [1.54, 1.807) is 0 Å². The Kier molecular flexibility index (Phi) is 7.88. The van der Waals surface area contributed by atoms with E-state index in [0.29, 0.717) is 48.2 Å². The number of nitrogens with one attached hydrogen (secondary N) is 2. The highest BCUT2D eigenvalue weighted by Crippen LogP contribution is 2.43. The molecule has 2 aromatic carbocycles. The number of rotatable bonds is 6. The Morgan fingerprint density at radius 2 is 1.36 bits per heavy atom. The van der Waals surface area contributed by atoms with E-state index in [9.17, 15) is 4.79 Å². The molecule has 8 rings (SSSR count). The molecule has 3 atom stereocenters. The fraction of sp³-hybridized carbons (Fsp3) is 0.529. The first-order chi connectivity index (χ1) is 21.4. The minimum Gasteiger partial charge on any atom is -0.377 e. The van der Waals surface area contributed by atoms with Gasteiger partial charge >= 0.3 is 6.03 Å². The maximum Gasteiger partial charge on any atom is 0.323 e. The van der Waals surface area contributed by atoms with Crippen molar-refractivity contribution in [3.8, 4) is 11.4 Å². The fourth-order valence-corrected chi connectivity index (χ4v) is 7.50. The fourth-order valence-electron chi connectivity index (χ4n) is 7.50. The Morgan fingerprint density at radius 3 is 1.98 bits per heavy atom. The summed E-state index contributed by atoms with van der Waals surface area (Å²) in [7, 11) is 0. The summed E-state index contributed by atoms with van der Waals surface area (Å²) < 4.78 is 5.67. The summed E-state index contributed by atoms with van der Waals surface area (Å²) in [5.41, 5.74) is 4.08. The highest BCUT2D eigenvalue weighted by atomic mass is 16.5. The van der Waals surface area contributed by atoms with Crippen LogP contribution in [0.15, 0.2) is 48.5 Å². The van der Waals surface area contributed by atoms with Crippen molar-refractivity contribution in [2.45, 2.75) is 76.4 Å². The van der Waals surface area contributed by atoms with Gasteiger partial charge in [0.2, 0.25) is 11.9 Å². The molecule has 2 bridgehead atoms. The molecule has 5 aliphatic heterocycles. The molecule has 2 N–H and O–H groups in total. The number of aromatic nitrogens is 3. The molecule has 0 aliphatic carbocycles. The highest BCUT2D eigenvalue weighted by Gasteiger charge is 2.40. The van der Waals surface area contributed by atoms with Crippen molar-refractivity contribution >= 4 is 29.3 Å². The first-order valence-electron chi connectivity index (χ1n) is 16.3. The minimum absolute atomic E-state index is 0.182. The zero-order chi connectivity index (χ0) is 30.3. The Balaban J connectivity index is 1.05. The van der Waals surface area contributed by atoms with Crippen molar-refractivity contribution in [1.82, 2.24) is 19.9 Å². The number of hydrogen-bond acceptors (Lipinski definition) is 8. The topological polar surface area (TPSA) is 98.7 Å². The lowest BCUT2D eigenvalue weighted by Crippen LogP contribution is -2.50. The van der Waals surface area contributed by atoms with Gasteiger partial charge in [0.25, 0.3) is 0 Å². The molecule has 5 fully saturated rings. The lowest BCUT2D eigenvalue weighted by atomic mass is 9.67. The van der Waals surface area contributed by atoms with Gasteiger partial charge in [-0.3, -0.25) is 0 Å². The van der Waals surface area contributed by atoms with Crippen LogP contribution in [0.1, 0.15) is 58.4 Å². The molecule has 5 saturated heterocycles. The predicted octanol–water partition coefficient (Wildman–Crippen LogP) is 5.52. The monoisotopic (exact) mass is 596 g/mol. The molecule has 1 unspecified atom stereocenters. The number of amides is 2. The van der Waals surface area contributed by atoms with Crippen LogP contribution in [0, 0.1) is 0 Å². The number of morpholine rings is 1. The van der Waals surface area contributed by atoms with Crippen LogP contribution in [0.25, 0.3) is 11.4 Å². The van der Waals surface area contributed by atoms with E-state index >= 15 is 0 Å². The van der Waals surface area contributed by atoms with Crippen LogP contribution >= 0.6 is 0 Å². The summed E-state index contributed by atoms with van der Waals surface area (Å²) in [5.74, 6) is 2.05. The van der Waals surface area contributed by atoms with Gasteiger partial charge < -0.3 is 30.1 Å². The smallest absolute Gasteiger partial charge is 0.323 e. The van der Waals surface area contributed by atoms with E-state index < -0.39 is 0 Å². The second-order valence-electron chi connectivity index (χ2n) is 13.2. The van der Waals surface area contributed by atoms with Gasteiger partial charge in [-0.15, -0.1) is 0 Å². The van der Waals surface area contributed by atoms with Gasteiger partial charge in [0.05, 0.1) is 19.3 Å². The van der Waals surface area contributed by atoms with E-state index in [1.807, 2.05) is 36.4 Å². The van der Waals surface area contributed by atoms with Gasteiger partial charge in [0.15, 0.2) is 5.82 Å². The van der Waals surface area contributed by atoms with Gasteiger partial charge in [0, 0.05) is 35.6 Å². The van der Waals surface area contributed by atoms with Gasteiger partial charge in [0.1, 0.15) is 0 Å². The summed E-state index contributed by atoms with van der Waals surface area (Å²) in [5, 5.41) is 5.96. The lowest BCUT2D eigenvalue weighted by molar-refractivity contribution is 0.0818. The van der Waals surface area contributed by atoms with Crippen LogP contribution in [0.4, 0.5) is 28.1 Å². The van der Waals surface area contributed by atoms with Crippen molar-refractivity contribution in [2.24, 2.45) is 0 Å². The number of urea groups is 1. The van der Waals surface area contributed by atoms with Crippen LogP contribution in [0.2, 0.25) is 0 Å². The summed E-state index contributed by atoms with van der Waals surface area (Å²) >= 11 is 0. The minimum atomic E-state index is -0.266. The maximum atomic E-state index is 12.9. The van der Waals surface area contributed by atoms with Crippen LogP contribution in [0.3, 0.4) is 0 Å².